The second-order valence-corrected chi connectivity index (χ2v) is 6.15. The van der Waals surface area contributed by atoms with E-state index < -0.39 is 12.1 Å². The van der Waals surface area contributed by atoms with E-state index >= 15 is 0 Å². The molecule has 0 bridgehead atoms. The fraction of sp³-hybridized carbons (Fsp3) is 0.526. The minimum absolute atomic E-state index is 0.195. The Hall–Kier alpha value is -2.75. The summed E-state index contributed by atoms with van der Waals surface area (Å²) < 4.78 is 15.4. The molecule has 1 rings (SSSR count). The number of hydrogen-bond acceptors (Lipinski definition) is 5. The first-order chi connectivity index (χ1) is 12.4. The van der Waals surface area contributed by atoms with E-state index in [2.05, 4.69) is 9.58 Å². The second-order valence-electron chi connectivity index (χ2n) is 6.15. The third kappa shape index (κ3) is 7.01. The molecule has 0 saturated carbocycles. The van der Waals surface area contributed by atoms with Gasteiger partial charge in [-0.3, -0.25) is 9.69 Å². The van der Waals surface area contributed by atoms with Gasteiger partial charge in [-0.25, -0.2) is 11.4 Å². The Morgan fingerprint density at radius 2 is 1.85 bits per heavy atom. The third-order valence-electron chi connectivity index (χ3n) is 3.60. The zero-order valence-electron chi connectivity index (χ0n) is 15.7. The van der Waals surface area contributed by atoms with Crippen molar-refractivity contribution in [3.8, 4) is 5.75 Å². The Bertz CT molecular complexity index is 622. The van der Waals surface area contributed by atoms with Gasteiger partial charge in [-0.1, -0.05) is 26.0 Å². The van der Waals surface area contributed by atoms with Crippen LogP contribution in [0.4, 0.5) is 4.79 Å². The van der Waals surface area contributed by atoms with Gasteiger partial charge in [-0.05, 0) is 30.5 Å². The number of rotatable bonds is 9. The molecule has 0 aromatic heterocycles. The van der Waals surface area contributed by atoms with Gasteiger partial charge in [0.1, 0.15) is 12.3 Å². The molecule has 0 spiro atoms. The summed E-state index contributed by atoms with van der Waals surface area (Å²) in [5.74, 6) is 0.324. The van der Waals surface area contributed by atoms with Crippen LogP contribution in [-0.4, -0.2) is 50.4 Å². The minimum Gasteiger partial charge on any atom is -0.486 e. The summed E-state index contributed by atoms with van der Waals surface area (Å²) in [5, 5.41) is 0. The molecule has 0 N–H and O–H groups in total. The fourth-order valence-corrected chi connectivity index (χ4v) is 2.12. The van der Waals surface area contributed by atoms with Crippen LogP contribution in [0.3, 0.4) is 0 Å². The van der Waals surface area contributed by atoms with E-state index in [1.54, 1.807) is 12.1 Å². The maximum Gasteiger partial charge on any atom is 0.410 e. The summed E-state index contributed by atoms with van der Waals surface area (Å²) in [7, 11) is 1.28. The smallest absolute Gasteiger partial charge is 0.410 e. The molecule has 0 aliphatic carbocycles. The van der Waals surface area contributed by atoms with Crippen molar-refractivity contribution in [2.24, 2.45) is 5.92 Å². The first-order valence-electron chi connectivity index (χ1n) is 8.45. The number of ether oxygens (including phenoxy) is 3. The molecule has 0 radical (unpaired) electrons. The van der Waals surface area contributed by atoms with Crippen LogP contribution >= 0.6 is 0 Å². The number of carbonyl (C=O) groups is 2. The molecule has 0 saturated heterocycles. The Labute approximate surface area is 154 Å². The first-order valence-corrected chi connectivity index (χ1v) is 8.45. The highest BCUT2D eigenvalue weighted by molar-refractivity contribution is 5.78. The number of nitrogens with zero attached hydrogens (tertiary/aromatic N) is 2. The molecule has 1 amide bonds. The van der Waals surface area contributed by atoms with Crippen molar-refractivity contribution in [1.82, 2.24) is 4.90 Å². The Kier molecular flexibility index (Phi) is 8.99. The van der Waals surface area contributed by atoms with Crippen molar-refractivity contribution in [1.29, 1.82) is 0 Å². The lowest BCUT2D eigenvalue weighted by atomic mass is 10.1. The van der Waals surface area contributed by atoms with E-state index in [1.165, 1.54) is 12.0 Å². The van der Waals surface area contributed by atoms with Crippen LogP contribution in [-0.2, 0) is 14.3 Å². The van der Waals surface area contributed by atoms with E-state index in [-0.39, 0.29) is 25.1 Å². The normalized spacial score (nSPS) is 11.4. The zero-order chi connectivity index (χ0) is 19.5. The van der Waals surface area contributed by atoms with Crippen LogP contribution in [0.1, 0.15) is 32.4 Å². The van der Waals surface area contributed by atoms with Crippen LogP contribution in [0.2, 0.25) is 0 Å². The highest BCUT2D eigenvalue weighted by Crippen LogP contribution is 2.23. The molecule has 142 valence electrons. The van der Waals surface area contributed by atoms with E-state index in [0.717, 1.165) is 5.56 Å². The summed E-state index contributed by atoms with van der Waals surface area (Å²) in [4.78, 5) is 28.6. The molecule has 0 heterocycles. The van der Waals surface area contributed by atoms with Crippen molar-refractivity contribution < 1.29 is 23.8 Å². The van der Waals surface area contributed by atoms with Gasteiger partial charge in [0.05, 0.1) is 19.8 Å². The van der Waals surface area contributed by atoms with Crippen molar-refractivity contribution in [3.05, 3.63) is 41.2 Å². The van der Waals surface area contributed by atoms with Crippen molar-refractivity contribution in [2.75, 3.05) is 33.4 Å². The summed E-state index contributed by atoms with van der Waals surface area (Å²) in [5.41, 5.74) is 0.827. The Morgan fingerprint density at radius 3 is 2.38 bits per heavy atom. The van der Waals surface area contributed by atoms with Gasteiger partial charge in [-0.15, -0.1) is 0 Å². The molecule has 26 heavy (non-hydrogen) atoms. The molecule has 1 aromatic rings. The van der Waals surface area contributed by atoms with E-state index in [4.69, 9.17) is 16.0 Å². The van der Waals surface area contributed by atoms with E-state index in [0.29, 0.717) is 18.9 Å². The monoisotopic (exact) mass is 362 g/mol. The maximum atomic E-state index is 12.4. The largest absolute Gasteiger partial charge is 0.486 e. The Morgan fingerprint density at radius 1 is 1.19 bits per heavy atom. The Balaban J connectivity index is 2.85. The van der Waals surface area contributed by atoms with Gasteiger partial charge in [0.2, 0.25) is 6.54 Å². The average Bonchev–Trinajstić information content (AvgIpc) is 2.64. The quantitative estimate of drug-likeness (QED) is 0.383. The molecule has 7 nitrogen and oxygen atoms in total. The molecule has 0 unspecified atom stereocenters. The third-order valence-corrected chi connectivity index (χ3v) is 3.60. The summed E-state index contributed by atoms with van der Waals surface area (Å²) >= 11 is 0. The van der Waals surface area contributed by atoms with Crippen molar-refractivity contribution in [3.63, 3.8) is 0 Å². The predicted octanol–water partition coefficient (Wildman–Crippen LogP) is 3.31. The molecule has 1 atom stereocenters. The summed E-state index contributed by atoms with van der Waals surface area (Å²) in [6.45, 7) is 13.1. The highest BCUT2D eigenvalue weighted by Gasteiger charge is 2.26. The molecule has 0 aliphatic rings. The van der Waals surface area contributed by atoms with Crippen LogP contribution < -0.4 is 4.74 Å². The SMILES string of the molecule is [C-]#[N+]CCOc1ccc([C@H](C)N(CC(=O)OC)C(=O)OCC(C)C)cc1. The van der Waals surface area contributed by atoms with Crippen LogP contribution in [0, 0.1) is 12.5 Å². The van der Waals surface area contributed by atoms with Crippen molar-refractivity contribution in [2.45, 2.75) is 26.8 Å². The standard InChI is InChI=1S/C19H26N2O5/c1-14(2)13-26-19(23)21(12-18(22)24-5)15(3)16-6-8-17(9-7-16)25-11-10-20-4/h6-9,14-15H,10-13H2,1-3,5H3/t15-/m0/s1. The van der Waals surface area contributed by atoms with Crippen LogP contribution in [0.25, 0.3) is 4.85 Å². The number of hydrogen-bond donors (Lipinski definition) is 0. The summed E-state index contributed by atoms with van der Waals surface area (Å²) in [6, 6.07) is 6.79. The zero-order valence-corrected chi connectivity index (χ0v) is 15.7. The van der Waals surface area contributed by atoms with Crippen LogP contribution in [0.5, 0.6) is 5.75 Å². The van der Waals surface area contributed by atoms with Gasteiger partial charge in [0, 0.05) is 0 Å². The van der Waals surface area contributed by atoms with E-state index in [9.17, 15) is 9.59 Å². The molecule has 0 aliphatic heterocycles. The topological polar surface area (TPSA) is 69.4 Å². The molecule has 0 fully saturated rings. The number of esters is 1. The molecule has 7 heteroatoms. The van der Waals surface area contributed by atoms with Gasteiger partial charge in [-0.2, -0.15) is 0 Å². The number of amides is 1. The first kappa shape index (κ1) is 21.3. The molecular formula is C19H26N2O5. The maximum absolute atomic E-state index is 12.4. The number of methoxy groups -OCH3 is 1. The molecule has 1 aromatic carbocycles. The van der Waals surface area contributed by atoms with Gasteiger partial charge in [0.25, 0.3) is 0 Å². The lowest BCUT2D eigenvalue weighted by Gasteiger charge is -2.28. The number of carbonyl (C=O) groups excluding carboxylic acids is 2. The predicted molar refractivity (Wildman–Crippen MR) is 96.7 cm³/mol. The van der Waals surface area contributed by atoms with Gasteiger partial charge >= 0.3 is 12.1 Å². The lowest BCUT2D eigenvalue weighted by Crippen LogP contribution is -2.39. The fourth-order valence-electron chi connectivity index (χ4n) is 2.12. The van der Waals surface area contributed by atoms with Gasteiger partial charge in [0.15, 0.2) is 6.61 Å². The minimum atomic E-state index is -0.561. The van der Waals surface area contributed by atoms with E-state index in [1.807, 2.05) is 32.9 Å². The van der Waals surface area contributed by atoms with Gasteiger partial charge < -0.3 is 19.1 Å². The second kappa shape index (κ2) is 11.0. The molecular weight excluding hydrogens is 336 g/mol. The number of benzene rings is 1. The summed E-state index contributed by atoms with van der Waals surface area (Å²) in [6.07, 6.45) is -0.561. The lowest BCUT2D eigenvalue weighted by molar-refractivity contribution is -0.142. The van der Waals surface area contributed by atoms with Crippen molar-refractivity contribution >= 4 is 12.1 Å². The average molecular weight is 362 g/mol. The highest BCUT2D eigenvalue weighted by atomic mass is 16.6. The van der Waals surface area contributed by atoms with Crippen LogP contribution in [0.15, 0.2) is 24.3 Å².